The quantitative estimate of drug-likeness (QED) is 0.655. The molecule has 2 heterocycles. The SMILES string of the molecule is Cc1ccc(Oc2ccc(NC(=O)NCC(C)(C)c3ccncc3)cc2)nc1. The van der Waals surface area contributed by atoms with Crippen LogP contribution in [0.5, 0.6) is 11.6 Å². The maximum absolute atomic E-state index is 12.2. The molecule has 6 heteroatoms. The van der Waals surface area contributed by atoms with Crippen molar-refractivity contribution in [3.05, 3.63) is 78.2 Å². The third-order valence-corrected chi connectivity index (χ3v) is 4.37. The molecule has 0 saturated heterocycles. The number of benzene rings is 1. The molecule has 3 aromatic rings. The fourth-order valence-corrected chi connectivity index (χ4v) is 2.62. The van der Waals surface area contributed by atoms with Gasteiger partial charge in [-0.3, -0.25) is 4.98 Å². The number of carbonyl (C=O) groups excluding carboxylic acids is 1. The molecule has 28 heavy (non-hydrogen) atoms. The van der Waals surface area contributed by atoms with E-state index in [-0.39, 0.29) is 11.4 Å². The topological polar surface area (TPSA) is 76.1 Å². The van der Waals surface area contributed by atoms with Gasteiger partial charge in [-0.1, -0.05) is 19.9 Å². The van der Waals surface area contributed by atoms with Crippen LogP contribution in [0.4, 0.5) is 10.5 Å². The summed E-state index contributed by atoms with van der Waals surface area (Å²) in [4.78, 5) is 20.5. The third-order valence-electron chi connectivity index (χ3n) is 4.37. The van der Waals surface area contributed by atoms with Crippen molar-refractivity contribution in [3.8, 4) is 11.6 Å². The van der Waals surface area contributed by atoms with Crippen molar-refractivity contribution >= 4 is 11.7 Å². The van der Waals surface area contributed by atoms with Gasteiger partial charge in [0.1, 0.15) is 5.75 Å². The van der Waals surface area contributed by atoms with E-state index in [9.17, 15) is 4.79 Å². The number of nitrogens with zero attached hydrogens (tertiary/aromatic N) is 2. The molecule has 0 atom stereocenters. The van der Waals surface area contributed by atoms with E-state index in [2.05, 4.69) is 34.4 Å². The van der Waals surface area contributed by atoms with Crippen molar-refractivity contribution in [1.29, 1.82) is 0 Å². The summed E-state index contributed by atoms with van der Waals surface area (Å²) in [5, 5.41) is 5.75. The predicted octanol–water partition coefficient (Wildman–Crippen LogP) is 4.68. The number of urea groups is 1. The van der Waals surface area contributed by atoms with E-state index in [0.29, 0.717) is 23.9 Å². The Hall–Kier alpha value is -3.41. The first-order valence-electron chi connectivity index (χ1n) is 9.08. The number of hydrogen-bond donors (Lipinski definition) is 2. The Morgan fingerprint density at radius 3 is 2.39 bits per heavy atom. The molecule has 0 aliphatic rings. The lowest BCUT2D eigenvalue weighted by atomic mass is 9.85. The number of aromatic nitrogens is 2. The molecule has 0 spiro atoms. The van der Waals surface area contributed by atoms with Gasteiger partial charge in [0.2, 0.25) is 5.88 Å². The Morgan fingerprint density at radius 2 is 1.75 bits per heavy atom. The number of amides is 2. The van der Waals surface area contributed by atoms with Gasteiger partial charge in [-0.15, -0.1) is 0 Å². The van der Waals surface area contributed by atoms with Crippen LogP contribution in [0.2, 0.25) is 0 Å². The number of pyridine rings is 2. The number of hydrogen-bond acceptors (Lipinski definition) is 4. The normalized spacial score (nSPS) is 11.0. The summed E-state index contributed by atoms with van der Waals surface area (Å²) < 4.78 is 5.69. The maximum Gasteiger partial charge on any atom is 0.319 e. The van der Waals surface area contributed by atoms with Crippen LogP contribution in [-0.2, 0) is 5.41 Å². The summed E-state index contributed by atoms with van der Waals surface area (Å²) >= 11 is 0. The minimum Gasteiger partial charge on any atom is -0.439 e. The lowest BCUT2D eigenvalue weighted by molar-refractivity contribution is 0.249. The zero-order valence-electron chi connectivity index (χ0n) is 16.3. The number of anilines is 1. The van der Waals surface area contributed by atoms with Crippen LogP contribution in [0.25, 0.3) is 0 Å². The lowest BCUT2D eigenvalue weighted by Gasteiger charge is -2.25. The van der Waals surface area contributed by atoms with Gasteiger partial charge in [0.05, 0.1) is 0 Å². The Labute approximate surface area is 165 Å². The summed E-state index contributed by atoms with van der Waals surface area (Å²) in [6.07, 6.45) is 5.27. The van der Waals surface area contributed by atoms with Crippen molar-refractivity contribution in [2.45, 2.75) is 26.2 Å². The molecule has 0 aliphatic heterocycles. The van der Waals surface area contributed by atoms with Crippen LogP contribution >= 0.6 is 0 Å². The van der Waals surface area contributed by atoms with Crippen LogP contribution in [0.1, 0.15) is 25.0 Å². The van der Waals surface area contributed by atoms with Crippen LogP contribution in [0, 0.1) is 6.92 Å². The second kappa shape index (κ2) is 8.52. The van der Waals surface area contributed by atoms with Crippen molar-refractivity contribution in [1.82, 2.24) is 15.3 Å². The van der Waals surface area contributed by atoms with Gasteiger partial charge < -0.3 is 15.4 Å². The molecule has 6 nitrogen and oxygen atoms in total. The van der Waals surface area contributed by atoms with Crippen LogP contribution in [0.15, 0.2) is 67.1 Å². The molecule has 0 aliphatic carbocycles. The lowest BCUT2D eigenvalue weighted by Crippen LogP contribution is -2.38. The number of ether oxygens (including phenoxy) is 1. The minimum absolute atomic E-state index is 0.195. The van der Waals surface area contributed by atoms with E-state index < -0.39 is 0 Å². The molecule has 0 radical (unpaired) electrons. The van der Waals surface area contributed by atoms with Crippen LogP contribution in [0.3, 0.4) is 0 Å². The molecule has 0 fully saturated rings. The van der Waals surface area contributed by atoms with E-state index in [0.717, 1.165) is 11.1 Å². The van der Waals surface area contributed by atoms with E-state index in [1.807, 2.05) is 31.2 Å². The smallest absolute Gasteiger partial charge is 0.319 e. The van der Waals surface area contributed by atoms with Gasteiger partial charge in [-0.25, -0.2) is 9.78 Å². The van der Waals surface area contributed by atoms with Crippen LogP contribution < -0.4 is 15.4 Å². The van der Waals surface area contributed by atoms with Crippen molar-refractivity contribution < 1.29 is 9.53 Å². The van der Waals surface area contributed by atoms with Gasteiger partial charge in [0, 0.05) is 42.3 Å². The molecule has 2 amide bonds. The number of nitrogens with one attached hydrogen (secondary N) is 2. The fourth-order valence-electron chi connectivity index (χ4n) is 2.62. The molecular formula is C22H24N4O2. The van der Waals surface area contributed by atoms with Gasteiger partial charge in [-0.05, 0) is 54.4 Å². The maximum atomic E-state index is 12.2. The Kier molecular flexibility index (Phi) is 5.89. The predicted molar refractivity (Wildman–Crippen MR) is 110 cm³/mol. The van der Waals surface area contributed by atoms with Gasteiger partial charge in [0.25, 0.3) is 0 Å². The standard InChI is InChI=1S/C22H24N4O2/c1-16-4-9-20(24-14-16)28-19-7-5-18(6-8-19)26-21(27)25-15-22(2,3)17-10-12-23-13-11-17/h4-14H,15H2,1-3H3,(H2,25,26,27). The minimum atomic E-state index is -0.254. The zero-order valence-corrected chi connectivity index (χ0v) is 16.3. The number of aryl methyl sites for hydroxylation is 1. The Morgan fingerprint density at radius 1 is 1.04 bits per heavy atom. The largest absolute Gasteiger partial charge is 0.439 e. The highest BCUT2D eigenvalue weighted by molar-refractivity contribution is 5.89. The van der Waals surface area contributed by atoms with Crippen molar-refractivity contribution in [2.24, 2.45) is 0 Å². The molecule has 0 bridgehead atoms. The second-order valence-electron chi connectivity index (χ2n) is 7.23. The molecule has 0 saturated carbocycles. The van der Waals surface area contributed by atoms with E-state index in [4.69, 9.17) is 4.74 Å². The van der Waals surface area contributed by atoms with Crippen LogP contribution in [-0.4, -0.2) is 22.5 Å². The summed E-state index contributed by atoms with van der Waals surface area (Å²) in [6, 6.07) is 14.6. The molecule has 144 valence electrons. The first kappa shape index (κ1) is 19.4. The van der Waals surface area contributed by atoms with E-state index >= 15 is 0 Å². The molecule has 2 N–H and O–H groups in total. The summed E-state index contributed by atoms with van der Waals surface area (Å²) in [7, 11) is 0. The highest BCUT2D eigenvalue weighted by atomic mass is 16.5. The summed E-state index contributed by atoms with van der Waals surface area (Å²) in [5.41, 5.74) is 2.68. The highest BCUT2D eigenvalue weighted by Gasteiger charge is 2.21. The summed E-state index contributed by atoms with van der Waals surface area (Å²) in [6.45, 7) is 6.63. The van der Waals surface area contributed by atoms with E-state index in [1.165, 1.54) is 0 Å². The number of rotatable bonds is 6. The monoisotopic (exact) mass is 376 g/mol. The average Bonchev–Trinajstić information content (AvgIpc) is 2.70. The molecule has 2 aromatic heterocycles. The third kappa shape index (κ3) is 5.30. The highest BCUT2D eigenvalue weighted by Crippen LogP contribution is 2.22. The Bertz CT molecular complexity index is 908. The van der Waals surface area contributed by atoms with Gasteiger partial charge >= 0.3 is 6.03 Å². The first-order chi connectivity index (χ1) is 13.4. The average molecular weight is 376 g/mol. The molecule has 1 aromatic carbocycles. The molecule has 0 unspecified atom stereocenters. The van der Waals surface area contributed by atoms with Crippen molar-refractivity contribution in [3.63, 3.8) is 0 Å². The van der Waals surface area contributed by atoms with Crippen molar-refractivity contribution in [2.75, 3.05) is 11.9 Å². The Balaban J connectivity index is 1.52. The van der Waals surface area contributed by atoms with Gasteiger partial charge in [-0.2, -0.15) is 0 Å². The second-order valence-corrected chi connectivity index (χ2v) is 7.23. The molecule has 3 rings (SSSR count). The first-order valence-corrected chi connectivity index (χ1v) is 9.08. The fraction of sp³-hybridized carbons (Fsp3) is 0.227. The number of carbonyl (C=O) groups is 1. The van der Waals surface area contributed by atoms with E-state index in [1.54, 1.807) is 42.9 Å². The molecular weight excluding hydrogens is 352 g/mol. The zero-order chi connectivity index (χ0) is 20.0. The van der Waals surface area contributed by atoms with Gasteiger partial charge in [0.15, 0.2) is 0 Å². The summed E-state index contributed by atoms with van der Waals surface area (Å²) in [5.74, 6) is 1.18.